The number of carbonyl (C=O) groups is 12. The molecule has 8 fully saturated rings. The highest BCUT2D eigenvalue weighted by molar-refractivity contribution is 5.93. The second-order valence-corrected chi connectivity index (χ2v) is 39.3. The molecule has 6 aliphatic carbocycles. The van der Waals surface area contributed by atoms with Gasteiger partial charge in [-0.25, -0.2) is 19.2 Å². The van der Waals surface area contributed by atoms with Gasteiger partial charge in [0.1, 0.15) is 135 Å². The van der Waals surface area contributed by atoms with E-state index in [0.29, 0.717) is 25.7 Å². The molecular formula is C95H147N11O42. The molecule has 2 aromatic rings. The summed E-state index contributed by atoms with van der Waals surface area (Å²) in [6, 6.07) is -4.82. The van der Waals surface area contributed by atoms with Crippen molar-refractivity contribution >= 4 is 70.6 Å². The van der Waals surface area contributed by atoms with Crippen molar-refractivity contribution in [2.24, 2.45) is 35.5 Å². The first-order valence-corrected chi connectivity index (χ1v) is 50.6. The number of aliphatic carboxylic acids is 2. The molecule has 23 N–H and O–H groups in total. The number of rotatable bonds is 58. The summed E-state index contributed by atoms with van der Waals surface area (Å²) in [6.07, 6.45) is -32.4. The van der Waals surface area contributed by atoms with Crippen LogP contribution in [0.4, 0.5) is 0 Å². The van der Waals surface area contributed by atoms with Gasteiger partial charge in [-0.05, 0) is 87.9 Å². The van der Waals surface area contributed by atoms with Crippen molar-refractivity contribution in [3.8, 4) is 0 Å². The van der Waals surface area contributed by atoms with Crippen molar-refractivity contribution in [3.05, 3.63) is 65.2 Å². The minimum Gasteiger partial charge on any atom is -0.479 e. The lowest BCUT2D eigenvalue weighted by Gasteiger charge is -2.49. The summed E-state index contributed by atoms with van der Waals surface area (Å²) in [4.78, 5) is 223. The zero-order valence-corrected chi connectivity index (χ0v) is 83.3. The molecule has 2 aromatic heterocycles. The van der Waals surface area contributed by atoms with Gasteiger partial charge in [-0.1, -0.05) is 78.1 Å². The highest BCUT2D eigenvalue weighted by atomic mass is 16.7. The quantitative estimate of drug-likeness (QED) is 0.0274. The number of Topliss-reactive ketones (excluding diaryl/α,β-unsaturated/α-hetero) is 3. The predicted molar refractivity (Wildman–Crippen MR) is 505 cm³/mol. The molecule has 7 amide bonds. The van der Waals surface area contributed by atoms with Gasteiger partial charge in [0.05, 0.1) is 108 Å². The van der Waals surface area contributed by atoms with Crippen LogP contribution >= 0.6 is 0 Å². The lowest BCUT2D eigenvalue weighted by Crippen LogP contribution is -2.68. The molecule has 30 atom stereocenters. The van der Waals surface area contributed by atoms with Crippen molar-refractivity contribution in [3.63, 3.8) is 0 Å². The van der Waals surface area contributed by atoms with Crippen LogP contribution in [0, 0.1) is 35.5 Å². The van der Waals surface area contributed by atoms with Crippen LogP contribution in [0.5, 0.6) is 0 Å². The van der Waals surface area contributed by atoms with E-state index >= 15 is 0 Å². The van der Waals surface area contributed by atoms with Gasteiger partial charge in [0, 0.05) is 77.0 Å². The lowest BCUT2D eigenvalue weighted by atomic mass is 9.77. The predicted octanol–water partition coefficient (Wildman–Crippen LogP) is -6.82. The van der Waals surface area contributed by atoms with Gasteiger partial charge in [-0.3, -0.25) is 67.5 Å². The van der Waals surface area contributed by atoms with Crippen molar-refractivity contribution in [2.45, 2.75) is 327 Å². The van der Waals surface area contributed by atoms with Crippen LogP contribution in [-0.4, -0.2) is 424 Å². The number of carboxylic acids is 2. The third kappa shape index (κ3) is 36.2. The summed E-state index contributed by atoms with van der Waals surface area (Å²) in [7, 11) is 2.63. The monoisotopic (exact) mass is 2110 g/mol. The summed E-state index contributed by atoms with van der Waals surface area (Å²) in [5.74, 6) is -14.3. The molecule has 12 unspecified atom stereocenters. The van der Waals surface area contributed by atoms with Gasteiger partial charge in [-0.2, -0.15) is 0 Å². The van der Waals surface area contributed by atoms with E-state index in [0.717, 1.165) is 50.7 Å². The third-order valence-corrected chi connectivity index (χ3v) is 28.2. The van der Waals surface area contributed by atoms with Crippen LogP contribution in [0.25, 0.3) is 0 Å². The number of aliphatic hydroxyl groups excluding tert-OH is 10. The standard InChI is InChI=1S/C95H147N11O42/c1-46-29-59(78(121)82(125)76(46)119)141-84-53(99-88(127)55-37-68(113)105-94(133)101-55)33-50(57(110)17-11-21-96-71(116)43-135-3)35-61(84)145-92-74(86(80(123)65(40-107)147-92)143-63(90(129)130)31-48-13-7-5-8-14-48)103-67(112)20-19-52(109)42-139-27-25-137-23-24-138-26-28-140-45-73(118)98-39-70(115)104-75-87(144-64(91(131)132)32-49-15-9-6-10-16-49)81(124)66(41-108)148-93(75)146-62-36-51(58(111)18-12-22-97-72(117)44-136-4)34-54(100-89(128)56-38-69(114)106-95(134)102-56)85(62)142-60-30-47(2)77(120)83(126)79(60)122/h37-38,46-51,53-54,59-66,74-87,92-93,107-108,119-126H,5-36,39-45H2,1-4H3,(H,96,116)(H,97,117)(H,98,118)(H,99,127)(H,100,128)(H,103,112)(H,104,115)(H,129,130)(H,131,132)(H2,101,105,113,133)(H2,102,106,114,134)/t46?,47?,50?,51?,53?,54?,59-,60-,61-,62-,63+,64+,65+,66+,74?,75?,76-,77-,78?,79?,80+,81+,82+,83+,84-,85-,86?,87?,92-,93-/m1/s1. The molecule has 2 aliphatic heterocycles. The highest BCUT2D eigenvalue weighted by Crippen LogP contribution is 2.42. The number of amides is 7. The number of aromatic nitrogens is 4. The fourth-order valence-electron chi connectivity index (χ4n) is 20.3. The number of ketones is 3. The molecule has 0 bridgehead atoms. The number of carboxylic acid groups (broad SMARTS) is 2. The summed E-state index contributed by atoms with van der Waals surface area (Å²) >= 11 is 0. The molecule has 53 heteroatoms. The zero-order chi connectivity index (χ0) is 108. The molecule has 8 aliphatic rings. The summed E-state index contributed by atoms with van der Waals surface area (Å²) in [6.45, 7) is -1.91. The maximum Gasteiger partial charge on any atom is 0.332 e. The third-order valence-electron chi connectivity index (χ3n) is 28.2. The number of carbonyl (C=O) groups excluding carboxylic acids is 10. The Labute approximate surface area is 850 Å². The van der Waals surface area contributed by atoms with Crippen LogP contribution in [0.1, 0.15) is 189 Å². The average molecular weight is 2120 g/mol. The number of aliphatic hydroxyl groups is 10. The SMILES string of the molecule is COCC(=O)NCCCC(=O)C1CC(NC(=O)c2cc(=O)[nH]c(=O)[nH]2)[C@@H](O[C@@H]2CC(C)[C@@H](O)[C@H](O)C2O)[C@H](O[C@@H]2O[C@@H](CO)[C@H](O)C(O[C@@H](CC3CCCCC3)C(=O)O)C2NC(=O)CCC(=O)COCCOCCOCCOCC(=O)NCC(=O)NC2C(O[C@@H](CC3CCCCC3)C(=O)O)[C@@H](O)[C@H](CO)O[C@H]2O[C@@H]2CC(C(=O)CCCNC(=O)COC)CC(NC(=O)c3cc(=O)[nH]c(=O)[nH]3)[C@H]2O[C@@H]2CC(C)[C@@H](O)[C@H](O)C2O)C1. The van der Waals surface area contributed by atoms with Gasteiger partial charge in [0.2, 0.25) is 29.5 Å². The second kappa shape index (κ2) is 60.2. The number of methoxy groups -OCH3 is 2. The number of hydrogen-bond donors (Lipinski definition) is 23. The van der Waals surface area contributed by atoms with Crippen LogP contribution < -0.4 is 59.7 Å². The molecule has 2 saturated heterocycles. The summed E-state index contributed by atoms with van der Waals surface area (Å²) in [5, 5.41) is 153. The van der Waals surface area contributed by atoms with E-state index in [9.17, 15) is 138 Å². The van der Waals surface area contributed by atoms with E-state index in [1.54, 1.807) is 13.8 Å². The van der Waals surface area contributed by atoms with Crippen molar-refractivity contribution in [1.29, 1.82) is 0 Å². The van der Waals surface area contributed by atoms with Gasteiger partial charge in [-0.15, -0.1) is 0 Å². The van der Waals surface area contributed by atoms with E-state index in [-0.39, 0.29) is 155 Å². The smallest absolute Gasteiger partial charge is 0.332 e. The Morgan fingerprint density at radius 1 is 0.405 bits per heavy atom. The fraction of sp³-hybridized carbons (Fsp3) is 0.789. The number of hydrogen-bond acceptors (Lipinski definition) is 40. The van der Waals surface area contributed by atoms with Gasteiger partial charge < -0.3 is 175 Å². The first-order chi connectivity index (χ1) is 70.7. The molecule has 148 heavy (non-hydrogen) atoms. The first kappa shape index (κ1) is 120. The Hall–Kier alpha value is -9.36. The van der Waals surface area contributed by atoms with Gasteiger partial charge >= 0.3 is 23.3 Å². The van der Waals surface area contributed by atoms with Crippen molar-refractivity contribution < 1.29 is 185 Å². The molecule has 10 rings (SSSR count). The van der Waals surface area contributed by atoms with E-state index in [1.807, 2.05) is 9.97 Å². The Bertz CT molecular complexity index is 4510. The van der Waals surface area contributed by atoms with E-state index in [2.05, 4.69) is 47.2 Å². The van der Waals surface area contributed by atoms with Crippen LogP contribution in [-0.2, 0) is 114 Å². The van der Waals surface area contributed by atoms with Gasteiger partial charge in [0.15, 0.2) is 30.6 Å². The fourth-order valence-corrected chi connectivity index (χ4v) is 20.3. The molecule has 0 radical (unpaired) electrons. The lowest BCUT2D eigenvalue weighted by molar-refractivity contribution is -0.308. The second-order valence-electron chi connectivity index (χ2n) is 39.3. The first-order valence-electron chi connectivity index (χ1n) is 50.6. The Morgan fingerprint density at radius 2 is 0.797 bits per heavy atom. The van der Waals surface area contributed by atoms with Crippen LogP contribution in [0.3, 0.4) is 0 Å². The molecule has 0 spiro atoms. The maximum absolute atomic E-state index is 14.5. The number of H-pyrrole nitrogens is 4. The summed E-state index contributed by atoms with van der Waals surface area (Å²) < 4.78 is 84.1. The molecule has 4 heterocycles. The zero-order valence-electron chi connectivity index (χ0n) is 83.3. The highest BCUT2D eigenvalue weighted by Gasteiger charge is 2.57. The molecule has 6 saturated carbocycles. The molecular weight excluding hydrogens is 1970 g/mol. The van der Waals surface area contributed by atoms with Crippen LogP contribution in [0.2, 0.25) is 0 Å². The van der Waals surface area contributed by atoms with Crippen molar-refractivity contribution in [1.82, 2.24) is 57.2 Å². The van der Waals surface area contributed by atoms with E-state index in [4.69, 9.17) is 66.3 Å². The maximum atomic E-state index is 14.5. The average Bonchev–Trinajstić information content (AvgIpc) is 0.770. The Morgan fingerprint density at radius 3 is 1.19 bits per heavy atom. The van der Waals surface area contributed by atoms with E-state index < -0.39 is 333 Å². The topological polar surface area (TPSA) is 792 Å². The molecule has 834 valence electrons. The molecule has 53 nitrogen and oxygen atoms in total. The largest absolute Gasteiger partial charge is 0.479 e. The normalized spacial score (nSPS) is 31.1. The number of ether oxygens (including phenoxy) is 14. The van der Waals surface area contributed by atoms with E-state index in [1.165, 1.54) is 14.2 Å². The van der Waals surface area contributed by atoms with Crippen LogP contribution in [0.15, 0.2) is 31.3 Å². The van der Waals surface area contributed by atoms with Crippen molar-refractivity contribution in [2.75, 3.05) is 113 Å². The van der Waals surface area contributed by atoms with Gasteiger partial charge in [0.25, 0.3) is 22.9 Å². The molecule has 0 aromatic carbocycles. The minimum atomic E-state index is -1.95. The Balaban J connectivity index is 0.755. The minimum absolute atomic E-state index is 0.0164. The number of aromatic amines is 4. The summed E-state index contributed by atoms with van der Waals surface area (Å²) in [5.41, 5.74) is -5.18. The number of nitrogens with one attached hydrogen (secondary N) is 11. The Kier molecular flexibility index (Phi) is 49.0.